The maximum atomic E-state index is 10.6. The van der Waals surface area contributed by atoms with Gasteiger partial charge in [-0.1, -0.05) is 17.3 Å². The molecule has 31 heavy (non-hydrogen) atoms. The average molecular weight is 419 g/mol. The lowest BCUT2D eigenvalue weighted by molar-refractivity contribution is 0.127. The topological polar surface area (TPSA) is 117 Å². The van der Waals surface area contributed by atoms with E-state index in [1.165, 1.54) is 0 Å². The van der Waals surface area contributed by atoms with Gasteiger partial charge in [-0.3, -0.25) is 5.10 Å². The number of piperidine rings is 1. The van der Waals surface area contributed by atoms with Gasteiger partial charge in [-0.15, -0.1) is 15.3 Å². The van der Waals surface area contributed by atoms with Gasteiger partial charge in [0.2, 0.25) is 5.65 Å². The maximum Gasteiger partial charge on any atom is 0.201 e. The van der Waals surface area contributed by atoms with Crippen molar-refractivity contribution in [2.45, 2.75) is 57.7 Å². The molecule has 4 heterocycles. The molecule has 160 valence electrons. The molecule has 9 heteroatoms. The van der Waals surface area contributed by atoms with Gasteiger partial charge in [0.05, 0.1) is 23.5 Å². The Balaban J connectivity index is 1.58. The van der Waals surface area contributed by atoms with Crippen molar-refractivity contribution < 1.29 is 5.11 Å². The van der Waals surface area contributed by atoms with Gasteiger partial charge in [-0.2, -0.15) is 5.10 Å². The zero-order valence-corrected chi connectivity index (χ0v) is 18.1. The van der Waals surface area contributed by atoms with Crippen molar-refractivity contribution in [2.24, 2.45) is 0 Å². The molecule has 1 saturated heterocycles. The van der Waals surface area contributed by atoms with Crippen LogP contribution in [-0.2, 0) is 0 Å². The van der Waals surface area contributed by atoms with E-state index >= 15 is 0 Å². The highest BCUT2D eigenvalue weighted by molar-refractivity contribution is 5.87. The van der Waals surface area contributed by atoms with Crippen LogP contribution in [0.1, 0.15) is 46.6 Å². The smallest absolute Gasteiger partial charge is 0.201 e. The van der Waals surface area contributed by atoms with Gasteiger partial charge in [-0.25, -0.2) is 4.68 Å². The first kappa shape index (κ1) is 19.6. The van der Waals surface area contributed by atoms with Crippen molar-refractivity contribution in [1.29, 1.82) is 0 Å². The van der Waals surface area contributed by atoms with Crippen LogP contribution in [0.5, 0.6) is 5.75 Å². The molecule has 0 saturated carbocycles. The number of nitrogens with zero attached hydrogens (tertiary/aromatic N) is 6. The molecule has 0 aliphatic carbocycles. The first-order valence-electron chi connectivity index (χ1n) is 10.4. The van der Waals surface area contributed by atoms with Crippen LogP contribution < -0.4 is 5.32 Å². The van der Waals surface area contributed by atoms with E-state index in [2.05, 4.69) is 63.7 Å². The Morgan fingerprint density at radius 2 is 1.84 bits per heavy atom. The van der Waals surface area contributed by atoms with E-state index in [0.717, 1.165) is 24.0 Å². The van der Waals surface area contributed by atoms with Crippen molar-refractivity contribution in [3.05, 3.63) is 36.7 Å². The SMILES string of the molecule is CC1(C)CC(n2nnc3cc(-c4c(O)cccc4-c4cn[nH]c4)nnc32)CC(C)(C)N1. The first-order valence-corrected chi connectivity index (χ1v) is 10.4. The minimum absolute atomic E-state index is 0.0205. The summed E-state index contributed by atoms with van der Waals surface area (Å²) in [5, 5.41) is 38.9. The molecule has 0 bridgehead atoms. The van der Waals surface area contributed by atoms with E-state index in [-0.39, 0.29) is 22.9 Å². The number of aromatic amines is 1. The zero-order valence-electron chi connectivity index (χ0n) is 18.1. The summed E-state index contributed by atoms with van der Waals surface area (Å²) in [6, 6.07) is 7.36. The molecule has 1 aliphatic heterocycles. The van der Waals surface area contributed by atoms with Gasteiger partial charge in [-0.05, 0) is 58.2 Å². The van der Waals surface area contributed by atoms with Gasteiger partial charge in [0.25, 0.3) is 0 Å². The monoisotopic (exact) mass is 418 g/mol. The van der Waals surface area contributed by atoms with E-state index in [4.69, 9.17) is 0 Å². The number of benzene rings is 1. The van der Waals surface area contributed by atoms with Gasteiger partial charge >= 0.3 is 0 Å². The fourth-order valence-corrected chi connectivity index (χ4v) is 5.01. The highest BCUT2D eigenvalue weighted by Crippen LogP contribution is 2.39. The molecule has 0 amide bonds. The van der Waals surface area contributed by atoms with Crippen molar-refractivity contribution in [3.8, 4) is 28.1 Å². The molecule has 0 atom stereocenters. The van der Waals surface area contributed by atoms with Crippen LogP contribution >= 0.6 is 0 Å². The number of H-pyrrole nitrogens is 1. The summed E-state index contributed by atoms with van der Waals surface area (Å²) < 4.78 is 1.90. The van der Waals surface area contributed by atoms with Crippen LogP contribution in [0.2, 0.25) is 0 Å². The number of hydrogen-bond acceptors (Lipinski definition) is 7. The van der Waals surface area contributed by atoms with Crippen molar-refractivity contribution in [2.75, 3.05) is 0 Å². The second-order valence-electron chi connectivity index (χ2n) is 9.61. The van der Waals surface area contributed by atoms with Crippen LogP contribution in [0, 0.1) is 0 Å². The third-order valence-electron chi connectivity index (χ3n) is 5.84. The van der Waals surface area contributed by atoms with Crippen molar-refractivity contribution in [3.63, 3.8) is 0 Å². The summed E-state index contributed by atoms with van der Waals surface area (Å²) in [6.45, 7) is 8.83. The molecular weight excluding hydrogens is 392 g/mol. The lowest BCUT2D eigenvalue weighted by atomic mass is 9.79. The zero-order chi connectivity index (χ0) is 21.8. The predicted octanol–water partition coefficient (Wildman–Crippen LogP) is 3.47. The Kier molecular flexibility index (Phi) is 4.33. The third-order valence-corrected chi connectivity index (χ3v) is 5.84. The number of nitrogens with one attached hydrogen (secondary N) is 2. The predicted molar refractivity (Wildman–Crippen MR) is 117 cm³/mol. The molecule has 3 N–H and O–H groups in total. The molecule has 0 radical (unpaired) electrons. The second kappa shape index (κ2) is 6.84. The number of aromatic hydroxyl groups is 1. The van der Waals surface area contributed by atoms with E-state index in [1.54, 1.807) is 24.5 Å². The van der Waals surface area contributed by atoms with E-state index < -0.39 is 0 Å². The summed E-state index contributed by atoms with van der Waals surface area (Å²) in [5.74, 6) is 0.126. The second-order valence-corrected chi connectivity index (χ2v) is 9.61. The molecule has 5 rings (SSSR count). The Hall–Kier alpha value is -3.33. The Morgan fingerprint density at radius 3 is 2.55 bits per heavy atom. The summed E-state index contributed by atoms with van der Waals surface area (Å²) in [4.78, 5) is 0. The lowest BCUT2D eigenvalue weighted by Crippen LogP contribution is -2.58. The van der Waals surface area contributed by atoms with Gasteiger partial charge in [0.1, 0.15) is 11.3 Å². The van der Waals surface area contributed by atoms with Crippen LogP contribution in [0.15, 0.2) is 36.7 Å². The van der Waals surface area contributed by atoms with Gasteiger partial charge in [0, 0.05) is 22.8 Å². The maximum absolute atomic E-state index is 10.6. The van der Waals surface area contributed by atoms with Crippen LogP contribution in [0.4, 0.5) is 0 Å². The summed E-state index contributed by atoms with van der Waals surface area (Å²) >= 11 is 0. The van der Waals surface area contributed by atoms with E-state index in [9.17, 15) is 5.11 Å². The molecule has 4 aromatic rings. The summed E-state index contributed by atoms with van der Waals surface area (Å²) in [7, 11) is 0. The van der Waals surface area contributed by atoms with Gasteiger partial charge < -0.3 is 10.4 Å². The Morgan fingerprint density at radius 1 is 1.06 bits per heavy atom. The number of rotatable bonds is 3. The number of aromatic nitrogens is 7. The number of fused-ring (bicyclic) bond motifs is 1. The highest BCUT2D eigenvalue weighted by Gasteiger charge is 2.39. The number of phenols is 1. The Bertz CT molecular complexity index is 1230. The van der Waals surface area contributed by atoms with E-state index in [0.29, 0.717) is 22.4 Å². The minimum Gasteiger partial charge on any atom is -0.507 e. The molecule has 1 fully saturated rings. The minimum atomic E-state index is -0.0205. The Labute approximate surface area is 179 Å². The molecule has 0 spiro atoms. The molecule has 1 aromatic carbocycles. The molecular formula is C22H26N8O. The molecule has 3 aromatic heterocycles. The largest absolute Gasteiger partial charge is 0.507 e. The first-order chi connectivity index (χ1) is 14.7. The molecule has 1 aliphatic rings. The van der Waals surface area contributed by atoms with Crippen molar-refractivity contribution >= 4 is 11.2 Å². The normalized spacial score (nSPS) is 18.5. The quantitative estimate of drug-likeness (QED) is 0.466. The highest BCUT2D eigenvalue weighted by atomic mass is 16.3. The fraction of sp³-hybridized carbons (Fsp3) is 0.409. The standard InChI is InChI=1S/C22H26N8O/c1-21(2)9-14(10-22(3,4)28-21)30-20-17(26-29-30)8-16(25-27-20)19-15(6-5-7-18(19)31)13-11-23-24-12-13/h5-8,11-12,14,28,31H,9-10H2,1-4H3,(H,23,24). The molecule has 0 unspecified atom stereocenters. The van der Waals surface area contributed by atoms with Crippen LogP contribution in [0.25, 0.3) is 33.5 Å². The summed E-state index contributed by atoms with van der Waals surface area (Å²) in [5.41, 5.74) is 4.08. The van der Waals surface area contributed by atoms with Crippen LogP contribution in [-0.4, -0.2) is 51.6 Å². The summed E-state index contributed by atoms with van der Waals surface area (Å²) in [6.07, 6.45) is 5.33. The third kappa shape index (κ3) is 3.54. The van der Waals surface area contributed by atoms with Crippen molar-refractivity contribution in [1.82, 2.24) is 40.7 Å². The van der Waals surface area contributed by atoms with Gasteiger partial charge in [0.15, 0.2) is 0 Å². The fourth-order valence-electron chi connectivity index (χ4n) is 5.01. The number of hydrogen-bond donors (Lipinski definition) is 3. The van der Waals surface area contributed by atoms with E-state index in [1.807, 2.05) is 16.8 Å². The lowest BCUT2D eigenvalue weighted by Gasteiger charge is -2.46. The number of phenolic OH excluding ortho intramolecular Hbond substituents is 1. The average Bonchev–Trinajstić information content (AvgIpc) is 3.35. The van der Waals surface area contributed by atoms with Crippen LogP contribution in [0.3, 0.4) is 0 Å². The molecule has 9 nitrogen and oxygen atoms in total.